The van der Waals surface area contributed by atoms with Crippen LogP contribution in [-0.2, 0) is 20.0 Å². The average Bonchev–Trinajstić information content (AvgIpc) is 2.58. The van der Waals surface area contributed by atoms with Gasteiger partial charge in [-0.05, 0) is 32.7 Å². The minimum absolute atomic E-state index is 0.189. The lowest BCUT2D eigenvalue weighted by Crippen LogP contribution is -2.16. The van der Waals surface area contributed by atoms with E-state index in [-0.39, 0.29) is 6.10 Å². The molecule has 0 aromatic carbocycles. The molecule has 1 rings (SSSR count). The van der Waals surface area contributed by atoms with Gasteiger partial charge in [0.1, 0.15) is 0 Å². The fourth-order valence-electron chi connectivity index (χ4n) is 1.77. The molecule has 0 aliphatic carbocycles. The van der Waals surface area contributed by atoms with Crippen molar-refractivity contribution >= 4 is 0 Å². The second kappa shape index (κ2) is 6.66. The second-order valence-electron chi connectivity index (χ2n) is 4.30. The minimum atomic E-state index is -0.189. The van der Waals surface area contributed by atoms with Gasteiger partial charge in [-0.3, -0.25) is 4.68 Å². The summed E-state index contributed by atoms with van der Waals surface area (Å²) in [6.07, 6.45) is 4.73. The third-order valence-electron chi connectivity index (χ3n) is 2.62. The van der Waals surface area contributed by atoms with Gasteiger partial charge < -0.3 is 10.4 Å². The maximum absolute atomic E-state index is 9.11. The van der Waals surface area contributed by atoms with E-state index in [1.807, 2.05) is 18.7 Å². The van der Waals surface area contributed by atoms with Crippen LogP contribution < -0.4 is 5.32 Å². The van der Waals surface area contributed by atoms with Crippen LogP contribution in [-0.4, -0.2) is 27.5 Å². The van der Waals surface area contributed by atoms with Crippen molar-refractivity contribution in [3.05, 3.63) is 17.5 Å². The second-order valence-corrected chi connectivity index (χ2v) is 4.30. The number of aliphatic hydroxyl groups excluding tert-OH is 1. The molecule has 0 bridgehead atoms. The summed E-state index contributed by atoms with van der Waals surface area (Å²) < 4.78 is 1.87. The molecule has 0 amide bonds. The quantitative estimate of drug-likeness (QED) is 0.686. The number of rotatable bonds is 7. The van der Waals surface area contributed by atoms with Gasteiger partial charge in [-0.25, -0.2) is 0 Å². The molecule has 0 aliphatic rings. The summed E-state index contributed by atoms with van der Waals surface area (Å²) in [7, 11) is 1.95. The molecule has 16 heavy (non-hydrogen) atoms. The van der Waals surface area contributed by atoms with Crippen molar-refractivity contribution in [3.8, 4) is 0 Å². The van der Waals surface area contributed by atoms with Gasteiger partial charge in [-0.15, -0.1) is 0 Å². The Morgan fingerprint density at radius 3 is 2.94 bits per heavy atom. The minimum Gasteiger partial charge on any atom is -0.393 e. The van der Waals surface area contributed by atoms with E-state index in [9.17, 15) is 0 Å². The number of nitrogens with zero attached hydrogens (tertiary/aromatic N) is 2. The molecular formula is C12H23N3O. The van der Waals surface area contributed by atoms with Crippen molar-refractivity contribution in [2.75, 3.05) is 6.54 Å². The number of aliphatic hydroxyl groups is 1. The molecule has 0 radical (unpaired) electrons. The van der Waals surface area contributed by atoms with Crippen LogP contribution in [0.15, 0.2) is 6.20 Å². The number of nitrogens with one attached hydrogen (secondary N) is 1. The normalized spacial score (nSPS) is 13.0. The highest BCUT2D eigenvalue weighted by Crippen LogP contribution is 2.06. The van der Waals surface area contributed by atoms with E-state index >= 15 is 0 Å². The standard InChI is InChI=1S/C12H23N3O/c1-4-12-11(9-15(3)14-12)8-13-7-5-6-10(2)16/h9-10,13,16H,4-8H2,1-3H3. The van der Waals surface area contributed by atoms with Gasteiger partial charge in [0.05, 0.1) is 11.8 Å². The van der Waals surface area contributed by atoms with Crippen LogP contribution >= 0.6 is 0 Å². The molecule has 1 atom stereocenters. The Labute approximate surface area is 97.7 Å². The highest BCUT2D eigenvalue weighted by molar-refractivity contribution is 5.16. The Hall–Kier alpha value is -0.870. The summed E-state index contributed by atoms with van der Waals surface area (Å²) in [6.45, 7) is 5.77. The zero-order valence-corrected chi connectivity index (χ0v) is 10.5. The van der Waals surface area contributed by atoms with E-state index in [0.29, 0.717) is 0 Å². The Bertz CT molecular complexity index is 307. The predicted molar refractivity (Wildman–Crippen MR) is 65.2 cm³/mol. The lowest BCUT2D eigenvalue weighted by atomic mass is 10.2. The van der Waals surface area contributed by atoms with Gasteiger partial charge in [0.15, 0.2) is 0 Å². The van der Waals surface area contributed by atoms with E-state index in [1.165, 1.54) is 11.3 Å². The molecule has 0 saturated carbocycles. The summed E-state index contributed by atoms with van der Waals surface area (Å²) in [6, 6.07) is 0. The zero-order chi connectivity index (χ0) is 12.0. The van der Waals surface area contributed by atoms with Crippen LogP contribution in [0, 0.1) is 0 Å². The van der Waals surface area contributed by atoms with Crippen LogP contribution in [0.1, 0.15) is 37.9 Å². The lowest BCUT2D eigenvalue weighted by Gasteiger charge is -2.05. The molecule has 92 valence electrons. The van der Waals surface area contributed by atoms with Gasteiger partial charge in [-0.2, -0.15) is 5.10 Å². The fraction of sp³-hybridized carbons (Fsp3) is 0.750. The molecule has 0 spiro atoms. The van der Waals surface area contributed by atoms with Crippen molar-refractivity contribution in [2.45, 2.75) is 45.8 Å². The fourth-order valence-corrected chi connectivity index (χ4v) is 1.77. The van der Waals surface area contributed by atoms with Crippen LogP contribution in [0.4, 0.5) is 0 Å². The van der Waals surface area contributed by atoms with Crippen molar-refractivity contribution in [1.82, 2.24) is 15.1 Å². The number of aromatic nitrogens is 2. The predicted octanol–water partition coefficient (Wildman–Crippen LogP) is 1.23. The Balaban J connectivity index is 2.26. The number of hydrogen-bond acceptors (Lipinski definition) is 3. The Morgan fingerprint density at radius 1 is 1.56 bits per heavy atom. The molecule has 4 heteroatoms. The van der Waals surface area contributed by atoms with Crippen molar-refractivity contribution in [1.29, 1.82) is 0 Å². The largest absolute Gasteiger partial charge is 0.393 e. The molecule has 1 aromatic rings. The summed E-state index contributed by atoms with van der Waals surface area (Å²) in [5.41, 5.74) is 2.45. The van der Waals surface area contributed by atoms with E-state index in [4.69, 9.17) is 5.11 Å². The number of aryl methyl sites for hydroxylation is 2. The third kappa shape index (κ3) is 4.33. The monoisotopic (exact) mass is 225 g/mol. The van der Waals surface area contributed by atoms with Crippen LogP contribution in [0.3, 0.4) is 0 Å². The summed E-state index contributed by atoms with van der Waals surface area (Å²) in [5, 5.41) is 16.9. The maximum Gasteiger partial charge on any atom is 0.0666 e. The molecule has 0 fully saturated rings. The first-order valence-corrected chi connectivity index (χ1v) is 6.03. The Morgan fingerprint density at radius 2 is 2.31 bits per heavy atom. The smallest absolute Gasteiger partial charge is 0.0666 e. The first-order valence-electron chi connectivity index (χ1n) is 6.03. The zero-order valence-electron chi connectivity index (χ0n) is 10.5. The molecule has 0 aliphatic heterocycles. The lowest BCUT2D eigenvalue weighted by molar-refractivity contribution is 0.181. The van der Waals surface area contributed by atoms with Crippen LogP contribution in [0.25, 0.3) is 0 Å². The maximum atomic E-state index is 9.11. The topological polar surface area (TPSA) is 50.1 Å². The van der Waals surface area contributed by atoms with Crippen LogP contribution in [0.2, 0.25) is 0 Å². The van der Waals surface area contributed by atoms with Gasteiger partial charge in [-0.1, -0.05) is 6.92 Å². The van der Waals surface area contributed by atoms with Crippen molar-refractivity contribution in [3.63, 3.8) is 0 Å². The van der Waals surface area contributed by atoms with Crippen LogP contribution in [0.5, 0.6) is 0 Å². The van der Waals surface area contributed by atoms with Gasteiger partial charge in [0, 0.05) is 25.4 Å². The first kappa shape index (κ1) is 13.2. The SMILES string of the molecule is CCc1nn(C)cc1CNCCCC(C)O. The molecule has 1 aromatic heterocycles. The molecule has 4 nitrogen and oxygen atoms in total. The molecule has 1 heterocycles. The highest BCUT2D eigenvalue weighted by atomic mass is 16.3. The first-order chi connectivity index (χ1) is 7.63. The summed E-state index contributed by atoms with van der Waals surface area (Å²) in [5.74, 6) is 0. The van der Waals surface area contributed by atoms with Crippen molar-refractivity contribution < 1.29 is 5.11 Å². The van der Waals surface area contributed by atoms with Crippen molar-refractivity contribution in [2.24, 2.45) is 7.05 Å². The van der Waals surface area contributed by atoms with Gasteiger partial charge >= 0.3 is 0 Å². The van der Waals surface area contributed by atoms with E-state index in [0.717, 1.165) is 32.4 Å². The number of hydrogen-bond donors (Lipinski definition) is 2. The average molecular weight is 225 g/mol. The highest BCUT2D eigenvalue weighted by Gasteiger charge is 2.04. The van der Waals surface area contributed by atoms with E-state index in [2.05, 4.69) is 23.5 Å². The molecule has 0 saturated heterocycles. The molecule has 2 N–H and O–H groups in total. The van der Waals surface area contributed by atoms with Gasteiger partial charge in [0.2, 0.25) is 0 Å². The van der Waals surface area contributed by atoms with Gasteiger partial charge in [0.25, 0.3) is 0 Å². The summed E-state index contributed by atoms with van der Waals surface area (Å²) >= 11 is 0. The van der Waals surface area contributed by atoms with E-state index < -0.39 is 0 Å². The third-order valence-corrected chi connectivity index (χ3v) is 2.62. The molecular weight excluding hydrogens is 202 g/mol. The molecule has 1 unspecified atom stereocenters. The Kier molecular flexibility index (Phi) is 5.49. The summed E-state index contributed by atoms with van der Waals surface area (Å²) in [4.78, 5) is 0. The van der Waals surface area contributed by atoms with E-state index in [1.54, 1.807) is 0 Å².